The molecule has 0 unspecified atom stereocenters. The molecule has 0 aliphatic heterocycles. The molecule has 9 heteroatoms. The molecule has 1 aromatic heterocycles. The first-order valence-electron chi connectivity index (χ1n) is 12.6. The number of ether oxygens (including phenoxy) is 1. The lowest BCUT2D eigenvalue weighted by molar-refractivity contribution is -0.142. The van der Waals surface area contributed by atoms with Crippen LogP contribution in [0.5, 0.6) is 5.75 Å². The number of amides is 1. The SMILES string of the molecule is O=C(Nc1ccc([C@H]2CC[C@H](C(=O)O)CC2)cc1)c1nnc(Nc2ccccc2OCc2ccccc2)o1. The second-order valence-electron chi connectivity index (χ2n) is 9.27. The zero-order valence-electron chi connectivity index (χ0n) is 20.7. The van der Waals surface area contributed by atoms with E-state index in [1.54, 1.807) is 0 Å². The van der Waals surface area contributed by atoms with E-state index >= 15 is 0 Å². The molecule has 38 heavy (non-hydrogen) atoms. The number of anilines is 3. The number of aliphatic carboxylic acids is 1. The molecule has 1 saturated carbocycles. The molecule has 1 amide bonds. The van der Waals surface area contributed by atoms with E-state index < -0.39 is 11.9 Å². The van der Waals surface area contributed by atoms with Gasteiger partial charge in [0.25, 0.3) is 0 Å². The molecule has 1 aliphatic rings. The highest BCUT2D eigenvalue weighted by Gasteiger charge is 2.26. The van der Waals surface area contributed by atoms with Crippen LogP contribution >= 0.6 is 0 Å². The second kappa shape index (κ2) is 11.6. The van der Waals surface area contributed by atoms with Crippen molar-refractivity contribution in [1.82, 2.24) is 10.2 Å². The number of carboxylic acid groups (broad SMARTS) is 1. The van der Waals surface area contributed by atoms with Crippen LogP contribution in [0.25, 0.3) is 0 Å². The molecule has 0 atom stereocenters. The van der Waals surface area contributed by atoms with Crippen LogP contribution < -0.4 is 15.4 Å². The standard InChI is InChI=1S/C29H28N4O5/c34-26(30-23-16-14-21(15-17-23)20-10-12-22(13-11-20)28(35)36)27-32-33-29(38-27)31-24-8-4-5-9-25(24)37-18-19-6-2-1-3-7-19/h1-9,14-17,20,22H,10-13,18H2,(H,30,34)(H,31,33)(H,35,36)/t20-,22-. The Morgan fingerprint density at radius 2 is 1.61 bits per heavy atom. The van der Waals surface area contributed by atoms with Gasteiger partial charge in [0.1, 0.15) is 12.4 Å². The summed E-state index contributed by atoms with van der Waals surface area (Å²) in [5, 5.41) is 22.8. The van der Waals surface area contributed by atoms with Crippen molar-refractivity contribution in [2.45, 2.75) is 38.2 Å². The molecule has 3 aromatic carbocycles. The quantitative estimate of drug-likeness (QED) is 0.249. The highest BCUT2D eigenvalue weighted by molar-refractivity contribution is 6.00. The first kappa shape index (κ1) is 25.0. The van der Waals surface area contributed by atoms with E-state index in [2.05, 4.69) is 20.8 Å². The van der Waals surface area contributed by atoms with Gasteiger partial charge in [-0.2, -0.15) is 0 Å². The van der Waals surface area contributed by atoms with E-state index in [1.807, 2.05) is 78.9 Å². The number of carbonyl (C=O) groups excluding carboxylic acids is 1. The Morgan fingerprint density at radius 3 is 2.34 bits per heavy atom. The summed E-state index contributed by atoms with van der Waals surface area (Å²) in [5.74, 6) is -0.702. The molecular formula is C29H28N4O5. The number of hydrogen-bond acceptors (Lipinski definition) is 7. The number of aromatic nitrogens is 2. The van der Waals surface area contributed by atoms with E-state index in [4.69, 9.17) is 9.15 Å². The minimum absolute atomic E-state index is 0.0678. The third-order valence-corrected chi connectivity index (χ3v) is 6.70. The minimum atomic E-state index is -0.707. The van der Waals surface area contributed by atoms with Crippen molar-refractivity contribution in [3.05, 3.63) is 95.9 Å². The fraction of sp³-hybridized carbons (Fsp3) is 0.241. The maximum Gasteiger partial charge on any atom is 0.320 e. The summed E-state index contributed by atoms with van der Waals surface area (Å²) in [5.41, 5.74) is 3.42. The highest BCUT2D eigenvalue weighted by Crippen LogP contribution is 2.36. The number of benzene rings is 3. The number of nitrogens with one attached hydrogen (secondary N) is 2. The molecule has 1 aliphatic carbocycles. The number of carboxylic acids is 1. The van der Waals surface area contributed by atoms with E-state index in [9.17, 15) is 14.7 Å². The van der Waals surface area contributed by atoms with Gasteiger partial charge in [-0.15, -0.1) is 5.10 Å². The molecule has 4 aromatic rings. The highest BCUT2D eigenvalue weighted by atomic mass is 16.5. The van der Waals surface area contributed by atoms with Crippen LogP contribution in [0.4, 0.5) is 17.4 Å². The van der Waals surface area contributed by atoms with Crippen molar-refractivity contribution in [1.29, 1.82) is 0 Å². The summed E-state index contributed by atoms with van der Waals surface area (Å²) in [7, 11) is 0. The molecule has 9 nitrogen and oxygen atoms in total. The van der Waals surface area contributed by atoms with Gasteiger partial charge in [0.05, 0.1) is 11.6 Å². The predicted octanol–water partition coefficient (Wildman–Crippen LogP) is 6.00. The Kier molecular flexibility index (Phi) is 7.63. The van der Waals surface area contributed by atoms with E-state index in [0.29, 0.717) is 42.5 Å². The van der Waals surface area contributed by atoms with Gasteiger partial charge < -0.3 is 24.9 Å². The van der Waals surface area contributed by atoms with Crippen LogP contribution in [0.3, 0.4) is 0 Å². The molecule has 0 radical (unpaired) electrons. The summed E-state index contributed by atoms with van der Waals surface area (Å²) in [4.78, 5) is 23.9. The average Bonchev–Trinajstić information content (AvgIpc) is 3.42. The van der Waals surface area contributed by atoms with Gasteiger partial charge in [-0.3, -0.25) is 9.59 Å². The van der Waals surface area contributed by atoms with Gasteiger partial charge in [-0.25, -0.2) is 0 Å². The summed E-state index contributed by atoms with van der Waals surface area (Å²) < 4.78 is 11.5. The number of rotatable bonds is 9. The topological polar surface area (TPSA) is 127 Å². The summed E-state index contributed by atoms with van der Waals surface area (Å²) >= 11 is 0. The van der Waals surface area contributed by atoms with Gasteiger partial charge in [-0.1, -0.05) is 59.7 Å². The zero-order valence-corrected chi connectivity index (χ0v) is 20.7. The third kappa shape index (κ3) is 6.18. The van der Waals surface area contributed by atoms with E-state index in [0.717, 1.165) is 24.0 Å². The largest absolute Gasteiger partial charge is 0.487 e. The first-order valence-corrected chi connectivity index (χ1v) is 12.6. The lowest BCUT2D eigenvalue weighted by atomic mass is 9.79. The molecule has 194 valence electrons. The summed E-state index contributed by atoms with van der Waals surface area (Å²) in [6.07, 6.45) is 3.08. The van der Waals surface area contributed by atoms with Gasteiger partial charge in [0, 0.05) is 5.69 Å². The third-order valence-electron chi connectivity index (χ3n) is 6.70. The van der Waals surface area contributed by atoms with Crippen LogP contribution in [0.1, 0.15) is 53.4 Å². The minimum Gasteiger partial charge on any atom is -0.487 e. The molecule has 1 heterocycles. The molecule has 3 N–H and O–H groups in total. The van der Waals surface area contributed by atoms with Crippen molar-refractivity contribution in [3.63, 3.8) is 0 Å². The summed E-state index contributed by atoms with van der Waals surface area (Å²) in [6.45, 7) is 0.402. The van der Waals surface area contributed by atoms with Crippen molar-refractivity contribution < 1.29 is 23.8 Å². The van der Waals surface area contributed by atoms with Gasteiger partial charge in [-0.05, 0) is 67.0 Å². The Labute approximate surface area is 219 Å². The van der Waals surface area contributed by atoms with Crippen LogP contribution in [-0.2, 0) is 11.4 Å². The lowest BCUT2D eigenvalue weighted by Crippen LogP contribution is -2.20. The molecular weight excluding hydrogens is 484 g/mol. The van der Waals surface area contributed by atoms with Gasteiger partial charge >= 0.3 is 23.8 Å². The Morgan fingerprint density at radius 1 is 0.895 bits per heavy atom. The fourth-order valence-corrected chi connectivity index (χ4v) is 4.61. The maximum atomic E-state index is 12.7. The molecule has 0 saturated heterocycles. The van der Waals surface area contributed by atoms with Crippen LogP contribution in [0.2, 0.25) is 0 Å². The first-order chi connectivity index (χ1) is 18.5. The van der Waals surface area contributed by atoms with E-state index in [-0.39, 0.29) is 17.8 Å². The normalized spacial score (nSPS) is 16.9. The van der Waals surface area contributed by atoms with Gasteiger partial charge in [0.15, 0.2) is 0 Å². The van der Waals surface area contributed by atoms with Crippen molar-refractivity contribution >= 4 is 29.3 Å². The Balaban J connectivity index is 1.17. The van der Waals surface area contributed by atoms with Crippen molar-refractivity contribution in [2.75, 3.05) is 10.6 Å². The zero-order chi connectivity index (χ0) is 26.3. The lowest BCUT2D eigenvalue weighted by Gasteiger charge is -2.26. The maximum absolute atomic E-state index is 12.7. The van der Waals surface area contributed by atoms with Crippen LogP contribution in [0, 0.1) is 5.92 Å². The second-order valence-corrected chi connectivity index (χ2v) is 9.27. The number of para-hydroxylation sites is 2. The van der Waals surface area contributed by atoms with Crippen LogP contribution in [-0.4, -0.2) is 27.2 Å². The monoisotopic (exact) mass is 512 g/mol. The number of hydrogen-bond donors (Lipinski definition) is 3. The average molecular weight is 513 g/mol. The Bertz CT molecular complexity index is 1380. The molecule has 5 rings (SSSR count). The van der Waals surface area contributed by atoms with Crippen molar-refractivity contribution in [3.8, 4) is 5.75 Å². The Hall–Kier alpha value is -4.66. The number of nitrogens with zero attached hydrogens (tertiary/aromatic N) is 2. The smallest absolute Gasteiger partial charge is 0.320 e. The van der Waals surface area contributed by atoms with E-state index in [1.165, 1.54) is 0 Å². The van der Waals surface area contributed by atoms with Crippen molar-refractivity contribution in [2.24, 2.45) is 5.92 Å². The predicted molar refractivity (Wildman–Crippen MR) is 142 cm³/mol. The summed E-state index contributed by atoms with van der Waals surface area (Å²) in [6, 6.07) is 24.9. The molecule has 0 bridgehead atoms. The van der Waals surface area contributed by atoms with Gasteiger partial charge in [0.2, 0.25) is 0 Å². The molecule has 1 fully saturated rings. The number of carbonyl (C=O) groups is 2. The van der Waals surface area contributed by atoms with Crippen LogP contribution in [0.15, 0.2) is 83.3 Å². The molecule has 0 spiro atoms. The fourth-order valence-electron chi connectivity index (χ4n) is 4.61.